The summed E-state index contributed by atoms with van der Waals surface area (Å²) >= 11 is 0. The molecule has 5 rings (SSSR count). The van der Waals surface area contributed by atoms with Crippen molar-refractivity contribution in [3.8, 4) is 0 Å². The third-order valence-electron chi connectivity index (χ3n) is 6.90. The summed E-state index contributed by atoms with van der Waals surface area (Å²) in [5.41, 5.74) is 3.13. The zero-order valence-electron chi connectivity index (χ0n) is 19.7. The van der Waals surface area contributed by atoms with Gasteiger partial charge >= 0.3 is 12.1 Å². The van der Waals surface area contributed by atoms with E-state index in [1.807, 2.05) is 46.2 Å². The molecule has 0 unspecified atom stereocenters. The fourth-order valence-electron chi connectivity index (χ4n) is 4.93. The van der Waals surface area contributed by atoms with Crippen LogP contribution in [0.4, 0.5) is 21.0 Å². The van der Waals surface area contributed by atoms with Crippen molar-refractivity contribution in [1.82, 2.24) is 14.8 Å². The van der Waals surface area contributed by atoms with Crippen molar-refractivity contribution in [3.63, 3.8) is 0 Å². The lowest BCUT2D eigenvalue weighted by Gasteiger charge is -2.21. The number of anilines is 2. The lowest BCUT2D eigenvalue weighted by atomic mass is 10.1. The molecule has 2 saturated heterocycles. The van der Waals surface area contributed by atoms with Gasteiger partial charge in [-0.2, -0.15) is 0 Å². The summed E-state index contributed by atoms with van der Waals surface area (Å²) in [6.07, 6.45) is 9.03. The maximum atomic E-state index is 12.7. The van der Waals surface area contributed by atoms with E-state index in [1.54, 1.807) is 0 Å². The van der Waals surface area contributed by atoms with E-state index in [1.165, 1.54) is 25.7 Å². The molecule has 2 aromatic carbocycles. The Labute approximate surface area is 200 Å². The summed E-state index contributed by atoms with van der Waals surface area (Å²) < 4.78 is 0. The first kappa shape index (κ1) is 22.4. The van der Waals surface area contributed by atoms with Crippen LogP contribution in [0.5, 0.6) is 0 Å². The highest BCUT2D eigenvalue weighted by Gasteiger charge is 2.17. The van der Waals surface area contributed by atoms with Crippen LogP contribution in [0.25, 0.3) is 21.8 Å². The van der Waals surface area contributed by atoms with Crippen LogP contribution in [0.15, 0.2) is 42.5 Å². The number of fused-ring (bicyclic) bond motifs is 2. The average molecular weight is 460 g/mol. The van der Waals surface area contributed by atoms with Gasteiger partial charge < -0.3 is 20.4 Å². The Balaban J connectivity index is 1.33. The molecule has 7 heteroatoms. The maximum absolute atomic E-state index is 12.7. The van der Waals surface area contributed by atoms with E-state index in [9.17, 15) is 9.59 Å². The number of amides is 4. The lowest BCUT2D eigenvalue weighted by Crippen LogP contribution is -2.35. The molecule has 0 aliphatic carbocycles. The number of nitrogens with zero attached hydrogens (tertiary/aromatic N) is 3. The molecule has 2 fully saturated rings. The number of benzene rings is 2. The fourth-order valence-corrected chi connectivity index (χ4v) is 4.93. The molecule has 0 bridgehead atoms. The molecule has 178 valence electrons. The minimum Gasteiger partial charge on any atom is -0.325 e. The van der Waals surface area contributed by atoms with Gasteiger partial charge in [-0.1, -0.05) is 37.8 Å². The Morgan fingerprint density at radius 1 is 0.588 bits per heavy atom. The van der Waals surface area contributed by atoms with E-state index in [4.69, 9.17) is 4.98 Å². The normalized spacial score (nSPS) is 17.3. The van der Waals surface area contributed by atoms with E-state index in [0.29, 0.717) is 0 Å². The fraction of sp³-hybridized carbons (Fsp3) is 0.444. The van der Waals surface area contributed by atoms with Crippen LogP contribution >= 0.6 is 0 Å². The Bertz CT molecular complexity index is 1090. The molecule has 0 saturated carbocycles. The SMILES string of the molecule is O=C(Nc1ccc2cc3ccc(NC(=O)N4CCCCCC4)cc3nc2c1)N1CCCCCC1. The minimum atomic E-state index is -0.0412. The maximum Gasteiger partial charge on any atom is 0.321 e. The first-order valence-corrected chi connectivity index (χ1v) is 12.6. The molecule has 4 amide bonds. The third kappa shape index (κ3) is 5.24. The highest BCUT2D eigenvalue weighted by molar-refractivity contribution is 5.98. The van der Waals surface area contributed by atoms with E-state index < -0.39 is 0 Å². The minimum absolute atomic E-state index is 0.0412. The number of aromatic nitrogens is 1. The number of pyridine rings is 1. The van der Waals surface area contributed by atoms with E-state index in [-0.39, 0.29) is 12.1 Å². The number of nitrogens with one attached hydrogen (secondary N) is 2. The summed E-state index contributed by atoms with van der Waals surface area (Å²) in [5.74, 6) is 0. The molecule has 0 spiro atoms. The molecule has 2 aliphatic heterocycles. The van der Waals surface area contributed by atoms with Gasteiger partial charge in [-0.25, -0.2) is 14.6 Å². The van der Waals surface area contributed by atoms with Crippen LogP contribution < -0.4 is 10.6 Å². The van der Waals surface area contributed by atoms with Crippen molar-refractivity contribution >= 4 is 45.2 Å². The summed E-state index contributed by atoms with van der Waals surface area (Å²) in [5, 5.41) is 8.12. The van der Waals surface area contributed by atoms with Crippen molar-refractivity contribution < 1.29 is 9.59 Å². The summed E-state index contributed by atoms with van der Waals surface area (Å²) in [6.45, 7) is 3.25. The van der Waals surface area contributed by atoms with Gasteiger partial charge in [0.25, 0.3) is 0 Å². The van der Waals surface area contributed by atoms with E-state index in [0.717, 1.165) is 85.0 Å². The second kappa shape index (κ2) is 10.3. The first-order valence-electron chi connectivity index (χ1n) is 12.6. The highest BCUT2D eigenvalue weighted by Crippen LogP contribution is 2.25. The molecule has 2 aliphatic rings. The number of rotatable bonds is 2. The average Bonchev–Trinajstić information content (AvgIpc) is 3.28. The van der Waals surface area contributed by atoms with Gasteiger partial charge in [0.1, 0.15) is 0 Å². The summed E-state index contributed by atoms with van der Waals surface area (Å²) in [6, 6.07) is 13.7. The zero-order valence-corrected chi connectivity index (χ0v) is 19.7. The monoisotopic (exact) mass is 459 g/mol. The van der Waals surface area contributed by atoms with Crippen molar-refractivity contribution in [2.24, 2.45) is 0 Å². The van der Waals surface area contributed by atoms with E-state index in [2.05, 4.69) is 16.7 Å². The molecule has 0 atom stereocenters. The van der Waals surface area contributed by atoms with Gasteiger partial charge in [0.15, 0.2) is 0 Å². The predicted octanol–water partition coefficient (Wildman–Crippen LogP) is 6.20. The van der Waals surface area contributed by atoms with Gasteiger partial charge in [0.2, 0.25) is 0 Å². The zero-order chi connectivity index (χ0) is 23.3. The van der Waals surface area contributed by atoms with Gasteiger partial charge in [0, 0.05) is 48.3 Å². The van der Waals surface area contributed by atoms with Crippen LogP contribution in [0.3, 0.4) is 0 Å². The van der Waals surface area contributed by atoms with Crippen LogP contribution in [-0.2, 0) is 0 Å². The molecule has 7 nitrogen and oxygen atoms in total. The van der Waals surface area contributed by atoms with Crippen LogP contribution in [-0.4, -0.2) is 53.0 Å². The second-order valence-electron chi connectivity index (χ2n) is 9.47. The van der Waals surface area contributed by atoms with E-state index >= 15 is 0 Å². The molecular weight excluding hydrogens is 426 g/mol. The Hall–Kier alpha value is -3.35. The number of hydrogen-bond acceptors (Lipinski definition) is 3. The van der Waals surface area contributed by atoms with Crippen molar-refractivity contribution in [2.75, 3.05) is 36.8 Å². The smallest absolute Gasteiger partial charge is 0.321 e. The number of likely N-dealkylation sites (tertiary alicyclic amines) is 2. The molecule has 3 aromatic rings. The number of urea groups is 2. The van der Waals surface area contributed by atoms with Gasteiger partial charge in [0.05, 0.1) is 11.0 Å². The quantitative estimate of drug-likeness (QED) is 0.448. The topological polar surface area (TPSA) is 77.6 Å². The summed E-state index contributed by atoms with van der Waals surface area (Å²) in [4.78, 5) is 34.1. The van der Waals surface area contributed by atoms with Crippen molar-refractivity contribution in [3.05, 3.63) is 42.5 Å². The number of carbonyl (C=O) groups is 2. The highest BCUT2D eigenvalue weighted by atomic mass is 16.2. The Morgan fingerprint density at radius 2 is 1.00 bits per heavy atom. The largest absolute Gasteiger partial charge is 0.325 e. The standard InChI is InChI=1S/C27H33N5O2/c33-26(31-13-5-1-2-6-14-31)28-22-11-9-20-17-21-10-12-23(19-25(21)30-24(20)18-22)29-27(34)32-15-7-3-4-8-16-32/h9-12,17-19H,1-8,13-16H2,(H,28,33)(H,29,34). The first-order chi connectivity index (χ1) is 16.7. The van der Waals surface area contributed by atoms with Crippen LogP contribution in [0.2, 0.25) is 0 Å². The van der Waals surface area contributed by atoms with Gasteiger partial charge in [-0.05, 0) is 56.0 Å². The molecule has 34 heavy (non-hydrogen) atoms. The Morgan fingerprint density at radius 3 is 1.41 bits per heavy atom. The molecule has 2 N–H and O–H groups in total. The molecular formula is C27H33N5O2. The lowest BCUT2D eigenvalue weighted by molar-refractivity contribution is 0.213. The van der Waals surface area contributed by atoms with Gasteiger partial charge in [-0.3, -0.25) is 0 Å². The van der Waals surface area contributed by atoms with Crippen molar-refractivity contribution in [1.29, 1.82) is 0 Å². The van der Waals surface area contributed by atoms with Gasteiger partial charge in [-0.15, -0.1) is 0 Å². The third-order valence-corrected chi connectivity index (χ3v) is 6.90. The van der Waals surface area contributed by atoms with Crippen molar-refractivity contribution in [2.45, 2.75) is 51.4 Å². The number of carbonyl (C=O) groups excluding carboxylic acids is 2. The number of hydrogen-bond donors (Lipinski definition) is 2. The second-order valence-corrected chi connectivity index (χ2v) is 9.47. The van der Waals surface area contributed by atoms with Crippen LogP contribution in [0, 0.1) is 0 Å². The summed E-state index contributed by atoms with van der Waals surface area (Å²) in [7, 11) is 0. The predicted molar refractivity (Wildman–Crippen MR) is 137 cm³/mol. The molecule has 3 heterocycles. The molecule has 0 radical (unpaired) electrons. The van der Waals surface area contributed by atoms with Crippen LogP contribution in [0.1, 0.15) is 51.4 Å². The molecule has 1 aromatic heterocycles. The Kier molecular flexibility index (Phi) is 6.79.